The molecule has 25 heavy (non-hydrogen) atoms. The predicted octanol–water partition coefficient (Wildman–Crippen LogP) is -1.34. The van der Waals surface area contributed by atoms with Gasteiger partial charge in [-0.25, -0.2) is 0 Å². The number of carbonyl (C=O) groups excluding carboxylic acids is 3. The molecule has 1 aromatic heterocycles. The number of aromatic nitrogens is 1. The van der Waals surface area contributed by atoms with Crippen LogP contribution in [0.15, 0.2) is 54.9 Å². The number of likely N-dealkylation sites (N-methyl/N-ethyl adjacent to an activating group) is 1. The van der Waals surface area contributed by atoms with Crippen LogP contribution < -0.4 is 17.0 Å². The number of fused-ring (bicyclic) bond motifs is 1. The second kappa shape index (κ2) is 7.15. The van der Waals surface area contributed by atoms with Crippen molar-refractivity contribution in [3.05, 3.63) is 66.0 Å². The molecule has 2 aromatic rings. The Hall–Kier alpha value is -2.53. The highest BCUT2D eigenvalue weighted by atomic mass is 35.5. The highest BCUT2D eigenvalue weighted by Crippen LogP contribution is 2.36. The smallest absolute Gasteiger partial charge is 0.289 e. The van der Waals surface area contributed by atoms with Crippen molar-refractivity contribution in [2.45, 2.75) is 25.4 Å². The molecule has 0 bridgehead atoms. The van der Waals surface area contributed by atoms with Crippen molar-refractivity contribution in [2.75, 3.05) is 7.05 Å². The Labute approximate surface area is 152 Å². The second-order valence-corrected chi connectivity index (χ2v) is 5.92. The van der Waals surface area contributed by atoms with Crippen molar-refractivity contribution in [2.24, 2.45) is 0 Å². The second-order valence-electron chi connectivity index (χ2n) is 5.92. The topological polar surface area (TPSA) is 58.3 Å². The van der Waals surface area contributed by atoms with Gasteiger partial charge in [0.2, 0.25) is 6.54 Å². The number of Topliss-reactive ketones (excluding diaryl/α,β-unsaturated/α-hetero) is 2. The van der Waals surface area contributed by atoms with Crippen LogP contribution >= 0.6 is 0 Å². The van der Waals surface area contributed by atoms with Gasteiger partial charge in [-0.15, -0.1) is 0 Å². The molecule has 6 heteroatoms. The molecule has 0 fully saturated rings. The lowest BCUT2D eigenvalue weighted by atomic mass is 9.88. The summed E-state index contributed by atoms with van der Waals surface area (Å²) in [6.07, 6.45) is 3.80. The van der Waals surface area contributed by atoms with Gasteiger partial charge in [0.05, 0.1) is 0 Å². The van der Waals surface area contributed by atoms with E-state index in [2.05, 4.69) is 0 Å². The molecule has 0 saturated carbocycles. The molecule has 5 nitrogen and oxygen atoms in total. The van der Waals surface area contributed by atoms with E-state index in [-0.39, 0.29) is 42.8 Å². The Morgan fingerprint density at radius 1 is 1.00 bits per heavy atom. The van der Waals surface area contributed by atoms with E-state index in [0.29, 0.717) is 11.1 Å². The number of amides is 1. The molecule has 3 rings (SSSR count). The standard InChI is InChI=1S/C19H19N2O3.ClH/c1-3-19(17(23)14-9-5-6-10-15(14)18(19)24)20(2)16(22)13-21-11-7-4-8-12-21;/h4-12H,3,13H2,1-2H3;1H/q+1;/p-1. The summed E-state index contributed by atoms with van der Waals surface area (Å²) in [6, 6.07) is 12.3. The minimum atomic E-state index is -1.43. The van der Waals surface area contributed by atoms with Crippen LogP contribution in [-0.2, 0) is 11.3 Å². The van der Waals surface area contributed by atoms with Crippen LogP contribution in [0.4, 0.5) is 0 Å². The fourth-order valence-electron chi connectivity index (χ4n) is 3.31. The number of hydrogen-bond acceptors (Lipinski definition) is 3. The monoisotopic (exact) mass is 358 g/mol. The highest BCUT2D eigenvalue weighted by Gasteiger charge is 2.56. The van der Waals surface area contributed by atoms with E-state index in [1.807, 2.05) is 18.2 Å². The molecule has 0 N–H and O–H groups in total. The molecule has 130 valence electrons. The third-order valence-electron chi connectivity index (χ3n) is 4.72. The first kappa shape index (κ1) is 18.8. The van der Waals surface area contributed by atoms with Crippen LogP contribution in [0, 0.1) is 0 Å². The van der Waals surface area contributed by atoms with Crippen molar-refractivity contribution < 1.29 is 31.4 Å². The number of pyridine rings is 1. The quantitative estimate of drug-likeness (QED) is 0.502. The van der Waals surface area contributed by atoms with Gasteiger partial charge in [-0.3, -0.25) is 14.4 Å². The van der Waals surface area contributed by atoms with Crippen LogP contribution in [0.5, 0.6) is 0 Å². The molecule has 0 unspecified atom stereocenters. The Balaban J connectivity index is 0.00000225. The zero-order valence-corrected chi connectivity index (χ0v) is 14.9. The van der Waals surface area contributed by atoms with Crippen molar-refractivity contribution in [3.63, 3.8) is 0 Å². The van der Waals surface area contributed by atoms with Crippen molar-refractivity contribution in [3.8, 4) is 0 Å². The third-order valence-corrected chi connectivity index (χ3v) is 4.72. The first-order chi connectivity index (χ1) is 11.5. The molecule has 0 spiro atoms. The van der Waals surface area contributed by atoms with E-state index in [1.165, 1.54) is 11.9 Å². The lowest BCUT2D eigenvalue weighted by Crippen LogP contribution is -3.00. The average molecular weight is 359 g/mol. The van der Waals surface area contributed by atoms with Crippen LogP contribution in [0.2, 0.25) is 0 Å². The zero-order chi connectivity index (χ0) is 17.3. The van der Waals surface area contributed by atoms with E-state index in [9.17, 15) is 14.4 Å². The van der Waals surface area contributed by atoms with Crippen LogP contribution in [0.25, 0.3) is 0 Å². The van der Waals surface area contributed by atoms with Crippen molar-refractivity contribution in [1.29, 1.82) is 0 Å². The molecule has 1 aliphatic rings. The molecule has 0 radical (unpaired) electrons. The Kier molecular flexibility index (Phi) is 5.38. The van der Waals surface area contributed by atoms with E-state index in [0.717, 1.165) is 0 Å². The minimum absolute atomic E-state index is 0. The minimum Gasteiger partial charge on any atom is -1.00 e. The summed E-state index contributed by atoms with van der Waals surface area (Å²) in [5.41, 5.74) is -0.636. The third kappa shape index (κ3) is 2.85. The summed E-state index contributed by atoms with van der Waals surface area (Å²) in [7, 11) is 1.54. The molecule has 1 aliphatic carbocycles. The van der Waals surface area contributed by atoms with E-state index in [1.54, 1.807) is 48.1 Å². The van der Waals surface area contributed by atoms with Crippen molar-refractivity contribution >= 4 is 17.5 Å². The van der Waals surface area contributed by atoms with E-state index >= 15 is 0 Å². The maximum absolute atomic E-state index is 12.9. The first-order valence-electron chi connectivity index (χ1n) is 7.91. The number of ketones is 2. The van der Waals surface area contributed by atoms with Crippen LogP contribution in [0.3, 0.4) is 0 Å². The number of rotatable bonds is 4. The molecular formula is C19H19ClN2O3. The number of carbonyl (C=O) groups is 3. The lowest BCUT2D eigenvalue weighted by Gasteiger charge is -2.34. The summed E-state index contributed by atoms with van der Waals surface area (Å²) in [5, 5.41) is 0. The Morgan fingerprint density at radius 3 is 2.00 bits per heavy atom. The van der Waals surface area contributed by atoms with Crippen molar-refractivity contribution in [1.82, 2.24) is 4.90 Å². The van der Waals surface area contributed by atoms with Gasteiger partial charge in [0.15, 0.2) is 29.5 Å². The number of nitrogens with zero attached hydrogens (tertiary/aromatic N) is 2. The van der Waals surface area contributed by atoms with Gasteiger partial charge < -0.3 is 17.3 Å². The molecule has 1 amide bonds. The van der Waals surface area contributed by atoms with Crippen LogP contribution in [0.1, 0.15) is 34.1 Å². The van der Waals surface area contributed by atoms with Gasteiger partial charge in [-0.2, -0.15) is 4.57 Å². The van der Waals surface area contributed by atoms with Gasteiger partial charge in [-0.1, -0.05) is 37.3 Å². The normalized spacial score (nSPS) is 14.6. The van der Waals surface area contributed by atoms with E-state index < -0.39 is 5.54 Å². The fraction of sp³-hybridized carbons (Fsp3) is 0.263. The average Bonchev–Trinajstić information content (AvgIpc) is 2.84. The van der Waals surface area contributed by atoms with Crippen LogP contribution in [-0.4, -0.2) is 35.0 Å². The van der Waals surface area contributed by atoms with Gasteiger partial charge in [-0.05, 0) is 6.42 Å². The maximum Gasteiger partial charge on any atom is 0.289 e. The highest BCUT2D eigenvalue weighted by molar-refractivity contribution is 6.33. The summed E-state index contributed by atoms with van der Waals surface area (Å²) in [4.78, 5) is 39.9. The van der Waals surface area contributed by atoms with Gasteiger partial charge in [0, 0.05) is 30.3 Å². The number of benzene rings is 1. The van der Waals surface area contributed by atoms with Gasteiger partial charge in [0.1, 0.15) is 0 Å². The number of halogens is 1. The largest absolute Gasteiger partial charge is 1.00 e. The SMILES string of the molecule is CCC1(N(C)C(=O)C[n+]2ccccc2)C(=O)c2ccccc2C1=O.[Cl-]. The molecule has 1 aromatic carbocycles. The number of hydrogen-bond donors (Lipinski definition) is 0. The fourth-order valence-corrected chi connectivity index (χ4v) is 3.31. The van der Waals surface area contributed by atoms with Gasteiger partial charge >= 0.3 is 0 Å². The summed E-state index contributed by atoms with van der Waals surface area (Å²) in [5.74, 6) is -0.860. The van der Waals surface area contributed by atoms with Gasteiger partial charge in [0.25, 0.3) is 5.91 Å². The molecule has 0 atom stereocenters. The zero-order valence-electron chi connectivity index (χ0n) is 14.1. The molecular weight excluding hydrogens is 340 g/mol. The summed E-state index contributed by atoms with van der Waals surface area (Å²) in [6.45, 7) is 1.84. The lowest BCUT2D eigenvalue weighted by molar-refractivity contribution is -0.685. The molecule has 0 saturated heterocycles. The Bertz CT molecular complexity index is 785. The predicted molar refractivity (Wildman–Crippen MR) is 87.5 cm³/mol. The summed E-state index contributed by atoms with van der Waals surface area (Å²) < 4.78 is 1.72. The Morgan fingerprint density at radius 2 is 1.52 bits per heavy atom. The van der Waals surface area contributed by atoms with E-state index in [4.69, 9.17) is 0 Å². The molecule has 0 aliphatic heterocycles. The first-order valence-corrected chi connectivity index (χ1v) is 7.91. The maximum atomic E-state index is 12.9. The molecule has 1 heterocycles. The summed E-state index contributed by atoms with van der Waals surface area (Å²) >= 11 is 0.